The molecule has 0 aliphatic heterocycles. The molecule has 0 bridgehead atoms. The van der Waals surface area contributed by atoms with Crippen molar-refractivity contribution in [2.45, 2.75) is 19.5 Å². The second-order valence-corrected chi connectivity index (χ2v) is 9.25. The van der Waals surface area contributed by atoms with Crippen LogP contribution in [0.4, 0.5) is 10.5 Å². The number of urea groups is 1. The van der Waals surface area contributed by atoms with Gasteiger partial charge >= 0.3 is 6.03 Å². The van der Waals surface area contributed by atoms with E-state index in [1.807, 2.05) is 79.7 Å². The standard InChI is InChI=1S/C32H30N4O4/c1-22(35(21-23-11-5-4-6-12-23)32(38)34-28-15-9-10-16-29(28)40-3)30-33-27-14-8-7-13-26(27)31(37)36(30)24-17-19-25(39-2)20-18-24/h4-20,22H,21H2,1-3H3,(H,34,38). The number of amides is 2. The van der Waals surface area contributed by atoms with Crippen LogP contribution in [0.15, 0.2) is 108 Å². The van der Waals surface area contributed by atoms with Crippen molar-refractivity contribution in [3.05, 3.63) is 125 Å². The summed E-state index contributed by atoms with van der Waals surface area (Å²) in [6.07, 6.45) is 0. The second-order valence-electron chi connectivity index (χ2n) is 9.25. The summed E-state index contributed by atoms with van der Waals surface area (Å²) in [5, 5.41) is 3.48. The van der Waals surface area contributed by atoms with Crippen LogP contribution in [0.5, 0.6) is 11.5 Å². The molecule has 1 atom stereocenters. The van der Waals surface area contributed by atoms with Crippen LogP contribution in [0.3, 0.4) is 0 Å². The Hall–Kier alpha value is -5.11. The van der Waals surface area contributed by atoms with Gasteiger partial charge in [0.25, 0.3) is 5.56 Å². The number of carbonyl (C=O) groups is 1. The van der Waals surface area contributed by atoms with Crippen LogP contribution in [0.2, 0.25) is 0 Å². The van der Waals surface area contributed by atoms with Crippen molar-refractivity contribution in [3.63, 3.8) is 0 Å². The zero-order valence-corrected chi connectivity index (χ0v) is 22.6. The average Bonchev–Trinajstić information content (AvgIpc) is 3.00. The van der Waals surface area contributed by atoms with E-state index in [4.69, 9.17) is 14.5 Å². The summed E-state index contributed by atoms with van der Waals surface area (Å²) in [5.74, 6) is 1.64. The summed E-state index contributed by atoms with van der Waals surface area (Å²) in [7, 11) is 3.15. The van der Waals surface area contributed by atoms with Crippen molar-refractivity contribution in [2.75, 3.05) is 19.5 Å². The molecule has 2 amide bonds. The Morgan fingerprint density at radius 3 is 2.27 bits per heavy atom. The Morgan fingerprint density at radius 1 is 0.875 bits per heavy atom. The van der Waals surface area contributed by atoms with Crippen LogP contribution < -0.4 is 20.3 Å². The number of hydrogen-bond acceptors (Lipinski definition) is 5. The number of nitrogens with one attached hydrogen (secondary N) is 1. The van der Waals surface area contributed by atoms with E-state index in [0.29, 0.717) is 39.6 Å². The van der Waals surface area contributed by atoms with Crippen LogP contribution in [0, 0.1) is 0 Å². The third-order valence-corrected chi connectivity index (χ3v) is 6.78. The van der Waals surface area contributed by atoms with Crippen molar-refractivity contribution >= 4 is 22.6 Å². The lowest BCUT2D eigenvalue weighted by Crippen LogP contribution is -2.39. The quantitative estimate of drug-likeness (QED) is 0.256. The number of para-hydroxylation sites is 3. The molecule has 0 saturated heterocycles. The van der Waals surface area contributed by atoms with E-state index in [-0.39, 0.29) is 18.1 Å². The number of fused-ring (bicyclic) bond motifs is 1. The zero-order valence-electron chi connectivity index (χ0n) is 22.6. The van der Waals surface area contributed by atoms with E-state index < -0.39 is 6.04 Å². The summed E-state index contributed by atoms with van der Waals surface area (Å²) in [6.45, 7) is 2.16. The minimum Gasteiger partial charge on any atom is -0.497 e. The lowest BCUT2D eigenvalue weighted by atomic mass is 10.1. The highest BCUT2D eigenvalue weighted by Crippen LogP contribution is 2.28. The number of nitrogens with zero attached hydrogens (tertiary/aromatic N) is 3. The molecule has 1 N–H and O–H groups in total. The minimum absolute atomic E-state index is 0.220. The molecule has 1 heterocycles. The van der Waals surface area contributed by atoms with Gasteiger partial charge in [-0.2, -0.15) is 0 Å². The fourth-order valence-corrected chi connectivity index (χ4v) is 4.65. The highest BCUT2D eigenvalue weighted by molar-refractivity contribution is 5.91. The zero-order chi connectivity index (χ0) is 28.1. The molecule has 5 aromatic rings. The number of rotatable bonds is 8. The maximum Gasteiger partial charge on any atom is 0.322 e. The number of benzene rings is 4. The number of anilines is 1. The van der Waals surface area contributed by atoms with E-state index >= 15 is 0 Å². The van der Waals surface area contributed by atoms with Crippen LogP contribution in [-0.2, 0) is 6.54 Å². The molecule has 1 unspecified atom stereocenters. The minimum atomic E-state index is -0.602. The molecule has 0 spiro atoms. The predicted octanol–water partition coefficient (Wildman–Crippen LogP) is 6.20. The maximum atomic E-state index is 13.9. The Labute approximate surface area is 232 Å². The Bertz CT molecular complexity index is 1680. The molecule has 0 fully saturated rings. The van der Waals surface area contributed by atoms with Gasteiger partial charge in [-0.1, -0.05) is 54.6 Å². The summed E-state index contributed by atoms with van der Waals surface area (Å²) in [5.41, 5.74) is 2.44. The molecule has 0 aliphatic rings. The van der Waals surface area contributed by atoms with Crippen LogP contribution in [0.25, 0.3) is 16.6 Å². The molecule has 1 aromatic heterocycles. The average molecular weight is 535 g/mol. The molecule has 40 heavy (non-hydrogen) atoms. The number of hydrogen-bond donors (Lipinski definition) is 1. The summed E-state index contributed by atoms with van der Waals surface area (Å²) < 4.78 is 12.3. The highest BCUT2D eigenvalue weighted by Gasteiger charge is 2.28. The fraction of sp³-hybridized carbons (Fsp3) is 0.156. The topological polar surface area (TPSA) is 85.7 Å². The molecule has 5 rings (SSSR count). The first-order valence-corrected chi connectivity index (χ1v) is 12.9. The molecule has 0 saturated carbocycles. The molecule has 8 heteroatoms. The van der Waals surface area contributed by atoms with Gasteiger partial charge in [-0.3, -0.25) is 9.36 Å². The van der Waals surface area contributed by atoms with Gasteiger partial charge < -0.3 is 19.7 Å². The van der Waals surface area contributed by atoms with Gasteiger partial charge in [-0.05, 0) is 61.0 Å². The van der Waals surface area contributed by atoms with Crippen molar-refractivity contribution < 1.29 is 14.3 Å². The number of carbonyl (C=O) groups excluding carboxylic acids is 1. The maximum absolute atomic E-state index is 13.9. The van der Waals surface area contributed by atoms with E-state index in [2.05, 4.69) is 5.32 Å². The van der Waals surface area contributed by atoms with E-state index in [1.165, 1.54) is 0 Å². The molecule has 202 valence electrons. The molecule has 8 nitrogen and oxygen atoms in total. The van der Waals surface area contributed by atoms with E-state index in [0.717, 1.165) is 5.56 Å². The van der Waals surface area contributed by atoms with Gasteiger partial charge in [-0.25, -0.2) is 9.78 Å². The SMILES string of the molecule is COc1ccc(-n2c(C(C)N(Cc3ccccc3)C(=O)Nc3ccccc3OC)nc3ccccc3c2=O)cc1. The first-order valence-electron chi connectivity index (χ1n) is 12.9. The van der Waals surface area contributed by atoms with Crippen LogP contribution >= 0.6 is 0 Å². The van der Waals surface area contributed by atoms with Crippen molar-refractivity contribution in [2.24, 2.45) is 0 Å². The summed E-state index contributed by atoms with van der Waals surface area (Å²) in [6, 6.07) is 30.4. The smallest absolute Gasteiger partial charge is 0.322 e. The van der Waals surface area contributed by atoms with Gasteiger partial charge in [0.05, 0.1) is 42.5 Å². The first kappa shape index (κ1) is 26.5. The van der Waals surface area contributed by atoms with Crippen molar-refractivity contribution in [1.82, 2.24) is 14.5 Å². The van der Waals surface area contributed by atoms with E-state index in [9.17, 15) is 9.59 Å². The van der Waals surface area contributed by atoms with Gasteiger partial charge in [0.1, 0.15) is 17.3 Å². The molecular formula is C32H30N4O4. The largest absolute Gasteiger partial charge is 0.497 e. The third-order valence-electron chi connectivity index (χ3n) is 6.78. The second kappa shape index (κ2) is 11.7. The van der Waals surface area contributed by atoms with Crippen molar-refractivity contribution in [1.29, 1.82) is 0 Å². The molecular weight excluding hydrogens is 504 g/mol. The Balaban J connectivity index is 1.64. The monoisotopic (exact) mass is 534 g/mol. The summed E-state index contributed by atoms with van der Waals surface area (Å²) >= 11 is 0. The summed E-state index contributed by atoms with van der Waals surface area (Å²) in [4.78, 5) is 34.4. The lowest BCUT2D eigenvalue weighted by Gasteiger charge is -2.31. The number of aromatic nitrogens is 2. The highest BCUT2D eigenvalue weighted by atomic mass is 16.5. The normalized spacial score (nSPS) is 11.6. The van der Waals surface area contributed by atoms with Gasteiger partial charge in [0.2, 0.25) is 0 Å². The van der Waals surface area contributed by atoms with E-state index in [1.54, 1.807) is 54.0 Å². The fourth-order valence-electron chi connectivity index (χ4n) is 4.65. The Kier molecular flexibility index (Phi) is 7.77. The predicted molar refractivity (Wildman–Crippen MR) is 156 cm³/mol. The molecule has 0 aliphatic carbocycles. The van der Waals surface area contributed by atoms with Gasteiger partial charge in [-0.15, -0.1) is 0 Å². The van der Waals surface area contributed by atoms with Gasteiger partial charge in [0, 0.05) is 6.54 Å². The van der Waals surface area contributed by atoms with Crippen LogP contribution in [-0.4, -0.2) is 34.7 Å². The van der Waals surface area contributed by atoms with Crippen LogP contribution in [0.1, 0.15) is 24.4 Å². The molecule has 0 radical (unpaired) electrons. The molecule has 4 aromatic carbocycles. The number of methoxy groups -OCH3 is 2. The third kappa shape index (κ3) is 5.37. The first-order chi connectivity index (χ1) is 19.5. The van der Waals surface area contributed by atoms with Crippen molar-refractivity contribution in [3.8, 4) is 17.2 Å². The van der Waals surface area contributed by atoms with Gasteiger partial charge in [0.15, 0.2) is 0 Å². The number of ether oxygens (including phenoxy) is 2. The Morgan fingerprint density at radius 2 is 1.55 bits per heavy atom. The lowest BCUT2D eigenvalue weighted by molar-refractivity contribution is 0.185.